The number of amides is 1. The molecule has 1 atom stereocenters. The fourth-order valence-electron chi connectivity index (χ4n) is 2.58. The highest BCUT2D eigenvalue weighted by Crippen LogP contribution is 2.33. The molecule has 0 fully saturated rings. The predicted octanol–water partition coefficient (Wildman–Crippen LogP) is 4.88. The van der Waals surface area contributed by atoms with E-state index in [0.717, 1.165) is 33.1 Å². The number of nitrogens with zero attached hydrogens (tertiary/aromatic N) is 2. The minimum absolute atomic E-state index is 0.0368. The van der Waals surface area contributed by atoms with Crippen LogP contribution >= 0.6 is 11.3 Å². The van der Waals surface area contributed by atoms with Crippen molar-refractivity contribution in [3.8, 4) is 5.75 Å². The molecule has 0 saturated carbocycles. The first-order valence-corrected chi connectivity index (χ1v) is 9.24. The molecule has 1 amide bonds. The van der Waals surface area contributed by atoms with Gasteiger partial charge in [0.05, 0.1) is 23.9 Å². The Balaban J connectivity index is 1.99. The van der Waals surface area contributed by atoms with Crippen LogP contribution in [0.25, 0.3) is 10.2 Å². The van der Waals surface area contributed by atoms with Gasteiger partial charge in [-0.15, -0.1) is 0 Å². The zero-order valence-electron chi connectivity index (χ0n) is 14.7. The average Bonchev–Trinajstić information content (AvgIpc) is 3.08. The van der Waals surface area contributed by atoms with Gasteiger partial charge in [-0.25, -0.2) is 4.98 Å². The number of hydrogen-bond donors (Lipinski definition) is 0. The second-order valence-corrected chi connectivity index (χ2v) is 7.06. The number of aromatic nitrogens is 1. The average molecular weight is 354 g/mol. The number of rotatable bonds is 6. The van der Waals surface area contributed by atoms with Gasteiger partial charge in [-0.3, -0.25) is 9.69 Å². The molecule has 1 heterocycles. The first kappa shape index (κ1) is 17.4. The Hall–Kier alpha value is -2.40. The number of thiazole rings is 1. The van der Waals surface area contributed by atoms with Crippen LogP contribution in [0.1, 0.15) is 25.8 Å². The number of carbonyl (C=O) groups is 1. The Bertz CT molecular complexity index is 861. The van der Waals surface area contributed by atoms with Crippen LogP contribution in [0.2, 0.25) is 0 Å². The lowest BCUT2D eigenvalue weighted by atomic mass is 10.1. The van der Waals surface area contributed by atoms with Crippen molar-refractivity contribution < 1.29 is 9.53 Å². The molecule has 0 N–H and O–H groups in total. The van der Waals surface area contributed by atoms with Gasteiger partial charge in [-0.05, 0) is 30.2 Å². The molecule has 0 saturated heterocycles. The molecule has 25 heavy (non-hydrogen) atoms. The summed E-state index contributed by atoms with van der Waals surface area (Å²) in [6, 6.07) is 15.8. The van der Waals surface area contributed by atoms with Crippen LogP contribution in [-0.2, 0) is 11.3 Å². The second kappa shape index (κ2) is 7.66. The summed E-state index contributed by atoms with van der Waals surface area (Å²) in [5.41, 5.74) is 1.98. The number of anilines is 1. The summed E-state index contributed by atoms with van der Waals surface area (Å²) in [5, 5.41) is 0.734. The van der Waals surface area contributed by atoms with Gasteiger partial charge < -0.3 is 4.74 Å². The van der Waals surface area contributed by atoms with Crippen LogP contribution < -0.4 is 9.64 Å². The maximum absolute atomic E-state index is 12.9. The summed E-state index contributed by atoms with van der Waals surface area (Å²) < 4.78 is 6.31. The highest BCUT2D eigenvalue weighted by Gasteiger charge is 2.24. The summed E-state index contributed by atoms with van der Waals surface area (Å²) in [5.74, 6) is 0.869. The Morgan fingerprint density at radius 1 is 1.24 bits per heavy atom. The SMILES string of the molecule is CCC(C)C(=O)N(Cc1ccccc1)c1nc2ccc(OC)cc2s1. The van der Waals surface area contributed by atoms with Crippen LogP contribution in [0.5, 0.6) is 5.75 Å². The Morgan fingerprint density at radius 3 is 2.68 bits per heavy atom. The number of hydrogen-bond acceptors (Lipinski definition) is 4. The molecule has 0 spiro atoms. The zero-order valence-corrected chi connectivity index (χ0v) is 15.5. The summed E-state index contributed by atoms with van der Waals surface area (Å²) in [4.78, 5) is 19.4. The van der Waals surface area contributed by atoms with Gasteiger partial charge in [-0.2, -0.15) is 0 Å². The molecular weight excluding hydrogens is 332 g/mol. The number of ether oxygens (including phenoxy) is 1. The van der Waals surface area contributed by atoms with E-state index < -0.39 is 0 Å². The highest BCUT2D eigenvalue weighted by atomic mass is 32.1. The standard InChI is InChI=1S/C20H22N2O2S/c1-4-14(2)19(23)22(13-15-8-6-5-7-9-15)20-21-17-11-10-16(24-3)12-18(17)25-20/h5-12,14H,4,13H2,1-3H3. The molecule has 1 aromatic heterocycles. The van der Waals surface area contributed by atoms with Crippen molar-refractivity contribution in [2.24, 2.45) is 5.92 Å². The summed E-state index contributed by atoms with van der Waals surface area (Å²) in [6.45, 7) is 4.53. The van der Waals surface area contributed by atoms with Crippen LogP contribution in [0, 0.1) is 5.92 Å². The van der Waals surface area contributed by atoms with Gasteiger partial charge in [-0.1, -0.05) is 55.5 Å². The zero-order chi connectivity index (χ0) is 17.8. The third-order valence-electron chi connectivity index (χ3n) is 4.30. The number of fused-ring (bicyclic) bond motifs is 1. The van der Waals surface area contributed by atoms with Crippen LogP contribution in [0.3, 0.4) is 0 Å². The van der Waals surface area contributed by atoms with Crippen molar-refractivity contribution in [1.29, 1.82) is 0 Å². The minimum atomic E-state index is -0.0368. The third kappa shape index (κ3) is 3.82. The van der Waals surface area contributed by atoms with Crippen LogP contribution in [0.15, 0.2) is 48.5 Å². The normalized spacial score (nSPS) is 12.1. The van der Waals surface area contributed by atoms with Gasteiger partial charge in [0.15, 0.2) is 5.13 Å². The van der Waals surface area contributed by atoms with E-state index in [1.807, 2.05) is 62.4 Å². The van der Waals surface area contributed by atoms with E-state index in [1.165, 1.54) is 11.3 Å². The summed E-state index contributed by atoms with van der Waals surface area (Å²) in [6.07, 6.45) is 0.808. The van der Waals surface area contributed by atoms with E-state index in [2.05, 4.69) is 0 Å². The van der Waals surface area contributed by atoms with Crippen LogP contribution in [-0.4, -0.2) is 18.0 Å². The first-order valence-electron chi connectivity index (χ1n) is 8.42. The number of methoxy groups -OCH3 is 1. The van der Waals surface area contributed by atoms with E-state index in [-0.39, 0.29) is 11.8 Å². The number of carbonyl (C=O) groups excluding carboxylic acids is 1. The van der Waals surface area contributed by atoms with Crippen molar-refractivity contribution in [3.05, 3.63) is 54.1 Å². The molecule has 0 aliphatic carbocycles. The monoisotopic (exact) mass is 354 g/mol. The minimum Gasteiger partial charge on any atom is -0.497 e. The Morgan fingerprint density at radius 2 is 2.00 bits per heavy atom. The molecule has 1 unspecified atom stereocenters. The van der Waals surface area contributed by atoms with Gasteiger partial charge >= 0.3 is 0 Å². The third-order valence-corrected chi connectivity index (χ3v) is 5.34. The summed E-state index contributed by atoms with van der Waals surface area (Å²) in [7, 11) is 1.65. The maximum Gasteiger partial charge on any atom is 0.231 e. The van der Waals surface area contributed by atoms with E-state index in [1.54, 1.807) is 12.0 Å². The molecule has 130 valence electrons. The quantitative estimate of drug-likeness (QED) is 0.633. The largest absolute Gasteiger partial charge is 0.497 e. The Kier molecular flexibility index (Phi) is 5.34. The lowest BCUT2D eigenvalue weighted by molar-refractivity contribution is -0.122. The molecule has 3 rings (SSSR count). The fourth-order valence-corrected chi connectivity index (χ4v) is 3.58. The van der Waals surface area contributed by atoms with E-state index in [9.17, 15) is 4.79 Å². The molecule has 2 aromatic carbocycles. The second-order valence-electron chi connectivity index (χ2n) is 6.05. The van der Waals surface area contributed by atoms with Crippen molar-refractivity contribution in [2.75, 3.05) is 12.0 Å². The molecule has 3 aromatic rings. The molecule has 0 aliphatic heterocycles. The van der Waals surface area contributed by atoms with Gasteiger partial charge in [0.1, 0.15) is 5.75 Å². The van der Waals surface area contributed by atoms with Crippen molar-refractivity contribution in [3.63, 3.8) is 0 Å². The van der Waals surface area contributed by atoms with E-state index >= 15 is 0 Å². The molecule has 0 bridgehead atoms. The van der Waals surface area contributed by atoms with Crippen molar-refractivity contribution in [2.45, 2.75) is 26.8 Å². The lowest BCUT2D eigenvalue weighted by Crippen LogP contribution is -2.34. The molecule has 0 aliphatic rings. The molecule has 0 radical (unpaired) electrons. The van der Waals surface area contributed by atoms with Crippen molar-refractivity contribution in [1.82, 2.24) is 4.98 Å². The van der Waals surface area contributed by atoms with Gasteiger partial charge in [0.2, 0.25) is 5.91 Å². The smallest absolute Gasteiger partial charge is 0.231 e. The predicted molar refractivity (Wildman–Crippen MR) is 103 cm³/mol. The first-order chi connectivity index (χ1) is 12.1. The van der Waals surface area contributed by atoms with E-state index in [4.69, 9.17) is 9.72 Å². The van der Waals surface area contributed by atoms with Crippen LogP contribution in [0.4, 0.5) is 5.13 Å². The Labute approximate surface area is 152 Å². The number of benzene rings is 2. The van der Waals surface area contributed by atoms with Crippen molar-refractivity contribution >= 4 is 32.6 Å². The summed E-state index contributed by atoms with van der Waals surface area (Å²) >= 11 is 1.52. The highest BCUT2D eigenvalue weighted by molar-refractivity contribution is 7.22. The molecule has 4 nitrogen and oxygen atoms in total. The molecule has 5 heteroatoms. The van der Waals surface area contributed by atoms with Gasteiger partial charge in [0.25, 0.3) is 0 Å². The lowest BCUT2D eigenvalue weighted by Gasteiger charge is -2.23. The van der Waals surface area contributed by atoms with Gasteiger partial charge in [0, 0.05) is 5.92 Å². The topological polar surface area (TPSA) is 42.4 Å². The van der Waals surface area contributed by atoms with E-state index in [0.29, 0.717) is 6.54 Å². The fraction of sp³-hybridized carbons (Fsp3) is 0.300. The molecular formula is C20H22N2O2S. The maximum atomic E-state index is 12.9.